The van der Waals surface area contributed by atoms with Crippen molar-refractivity contribution in [1.29, 1.82) is 0 Å². The molecule has 3 amide bonds. The van der Waals surface area contributed by atoms with Gasteiger partial charge < -0.3 is 5.32 Å². The van der Waals surface area contributed by atoms with Gasteiger partial charge >= 0.3 is 6.03 Å². The van der Waals surface area contributed by atoms with Crippen LogP contribution in [-0.2, 0) is 4.79 Å². The first-order chi connectivity index (χ1) is 8.68. The summed E-state index contributed by atoms with van der Waals surface area (Å²) in [5, 5.41) is 2.57. The highest BCUT2D eigenvalue weighted by molar-refractivity contribution is 8.00. The van der Waals surface area contributed by atoms with Gasteiger partial charge in [0, 0.05) is 13.1 Å². The van der Waals surface area contributed by atoms with Crippen molar-refractivity contribution in [1.82, 2.24) is 10.2 Å². The van der Waals surface area contributed by atoms with Crippen LogP contribution in [0.1, 0.15) is 39.0 Å². The van der Waals surface area contributed by atoms with Gasteiger partial charge in [0.25, 0.3) is 0 Å². The van der Waals surface area contributed by atoms with Crippen LogP contribution < -0.4 is 5.32 Å². The van der Waals surface area contributed by atoms with Gasteiger partial charge in [-0.05, 0) is 31.4 Å². The van der Waals surface area contributed by atoms with Gasteiger partial charge in [0.15, 0.2) is 0 Å². The zero-order chi connectivity index (χ0) is 13.0. The second kappa shape index (κ2) is 6.45. The Morgan fingerprint density at radius 1 is 1.44 bits per heavy atom. The molecule has 4 nitrogen and oxygen atoms in total. The summed E-state index contributed by atoms with van der Waals surface area (Å²) < 4.78 is 0. The number of imide groups is 1. The molecule has 1 heterocycles. The van der Waals surface area contributed by atoms with Crippen molar-refractivity contribution in [2.45, 2.75) is 44.3 Å². The topological polar surface area (TPSA) is 49.4 Å². The summed E-state index contributed by atoms with van der Waals surface area (Å²) in [5.41, 5.74) is 0. The fourth-order valence-corrected chi connectivity index (χ4v) is 3.77. The van der Waals surface area contributed by atoms with Crippen LogP contribution >= 0.6 is 11.8 Å². The summed E-state index contributed by atoms with van der Waals surface area (Å²) in [5.74, 6) is 1.79. The predicted molar refractivity (Wildman–Crippen MR) is 73.6 cm³/mol. The zero-order valence-electron chi connectivity index (χ0n) is 11.0. The first-order valence-corrected chi connectivity index (χ1v) is 7.94. The summed E-state index contributed by atoms with van der Waals surface area (Å²) in [4.78, 5) is 24.8. The van der Waals surface area contributed by atoms with Crippen molar-refractivity contribution >= 4 is 23.7 Å². The SMILES string of the molecule is C[C@@H](SCC1CCCCC1)C(=O)N1CCNC1=O. The summed E-state index contributed by atoms with van der Waals surface area (Å²) in [6.07, 6.45) is 6.64. The highest BCUT2D eigenvalue weighted by Crippen LogP contribution is 2.28. The average molecular weight is 270 g/mol. The highest BCUT2D eigenvalue weighted by atomic mass is 32.2. The number of hydrogen-bond acceptors (Lipinski definition) is 3. The summed E-state index contributed by atoms with van der Waals surface area (Å²) in [7, 11) is 0. The Morgan fingerprint density at radius 2 is 2.17 bits per heavy atom. The molecule has 1 aliphatic carbocycles. The first kappa shape index (κ1) is 13.7. The quantitative estimate of drug-likeness (QED) is 0.852. The van der Waals surface area contributed by atoms with Crippen LogP contribution in [0.2, 0.25) is 0 Å². The molecular formula is C13H22N2O2S. The number of nitrogens with zero attached hydrogens (tertiary/aromatic N) is 1. The van der Waals surface area contributed by atoms with E-state index in [4.69, 9.17) is 0 Å². The van der Waals surface area contributed by atoms with E-state index in [1.54, 1.807) is 11.8 Å². The lowest BCUT2D eigenvalue weighted by Gasteiger charge is -2.23. The molecule has 5 heteroatoms. The molecule has 0 aromatic carbocycles. The summed E-state index contributed by atoms with van der Waals surface area (Å²) in [6, 6.07) is -0.231. The molecule has 2 rings (SSSR count). The van der Waals surface area contributed by atoms with Crippen molar-refractivity contribution in [3.05, 3.63) is 0 Å². The molecule has 1 atom stereocenters. The third kappa shape index (κ3) is 3.40. The largest absolute Gasteiger partial charge is 0.336 e. The number of rotatable bonds is 4. The molecule has 18 heavy (non-hydrogen) atoms. The Hall–Kier alpha value is -0.710. The van der Waals surface area contributed by atoms with Crippen LogP contribution in [0.15, 0.2) is 0 Å². The van der Waals surface area contributed by atoms with Gasteiger partial charge in [0.05, 0.1) is 5.25 Å². The lowest BCUT2D eigenvalue weighted by Crippen LogP contribution is -2.39. The number of hydrogen-bond donors (Lipinski definition) is 1. The molecule has 102 valence electrons. The smallest absolute Gasteiger partial charge is 0.324 e. The van der Waals surface area contributed by atoms with Crippen molar-refractivity contribution < 1.29 is 9.59 Å². The maximum absolute atomic E-state index is 12.1. The Morgan fingerprint density at radius 3 is 2.78 bits per heavy atom. The van der Waals surface area contributed by atoms with E-state index in [1.807, 2.05) is 6.92 Å². The number of amides is 3. The van der Waals surface area contributed by atoms with Gasteiger partial charge in [-0.25, -0.2) is 4.79 Å². The van der Waals surface area contributed by atoms with Gasteiger partial charge in [0.2, 0.25) is 5.91 Å². The average Bonchev–Trinajstić information content (AvgIpc) is 2.82. The van der Waals surface area contributed by atoms with E-state index >= 15 is 0 Å². The molecule has 1 saturated heterocycles. The number of urea groups is 1. The Kier molecular flexibility index (Phi) is 4.92. The van der Waals surface area contributed by atoms with E-state index in [0.29, 0.717) is 13.1 Å². The second-order valence-corrected chi connectivity index (χ2v) is 6.58. The monoisotopic (exact) mass is 270 g/mol. The molecule has 2 aliphatic rings. The fourth-order valence-electron chi connectivity index (χ4n) is 2.61. The Bertz CT molecular complexity index is 316. The van der Waals surface area contributed by atoms with E-state index < -0.39 is 0 Å². The van der Waals surface area contributed by atoms with E-state index in [9.17, 15) is 9.59 Å². The van der Waals surface area contributed by atoms with Gasteiger partial charge in [0.1, 0.15) is 0 Å². The molecule has 0 aromatic heterocycles. The van der Waals surface area contributed by atoms with Gasteiger partial charge in [-0.15, -0.1) is 11.8 Å². The molecular weight excluding hydrogens is 248 g/mol. The van der Waals surface area contributed by atoms with E-state index in [2.05, 4.69) is 5.32 Å². The van der Waals surface area contributed by atoms with Crippen LogP contribution in [-0.4, -0.2) is 40.9 Å². The van der Waals surface area contributed by atoms with Crippen LogP contribution in [0.5, 0.6) is 0 Å². The minimum atomic E-state index is -0.231. The predicted octanol–water partition coefficient (Wildman–Crippen LogP) is 2.24. The molecule has 0 spiro atoms. The van der Waals surface area contributed by atoms with Crippen LogP contribution in [0.4, 0.5) is 4.79 Å². The molecule has 2 fully saturated rings. The maximum Gasteiger partial charge on any atom is 0.324 e. The lowest BCUT2D eigenvalue weighted by molar-refractivity contribution is -0.126. The van der Waals surface area contributed by atoms with E-state index in [1.165, 1.54) is 37.0 Å². The Labute approximate surface area is 113 Å². The minimum Gasteiger partial charge on any atom is -0.336 e. The lowest BCUT2D eigenvalue weighted by atomic mass is 9.91. The highest BCUT2D eigenvalue weighted by Gasteiger charge is 2.30. The molecule has 0 unspecified atom stereocenters. The van der Waals surface area contributed by atoms with Crippen molar-refractivity contribution in [3.8, 4) is 0 Å². The standard InChI is InChI=1S/C13H22N2O2S/c1-10(12(16)15-8-7-14-13(15)17)18-9-11-5-3-2-4-6-11/h10-11H,2-9H2,1H3,(H,14,17)/t10-/m1/s1. The van der Waals surface area contributed by atoms with Gasteiger partial charge in [-0.1, -0.05) is 19.3 Å². The molecule has 0 radical (unpaired) electrons. The summed E-state index contributed by atoms with van der Waals surface area (Å²) >= 11 is 1.71. The van der Waals surface area contributed by atoms with E-state index in [-0.39, 0.29) is 17.2 Å². The van der Waals surface area contributed by atoms with Crippen LogP contribution in [0, 0.1) is 5.92 Å². The first-order valence-electron chi connectivity index (χ1n) is 6.89. The molecule has 1 saturated carbocycles. The molecule has 0 bridgehead atoms. The molecule has 1 aliphatic heterocycles. The third-order valence-electron chi connectivity index (χ3n) is 3.78. The van der Waals surface area contributed by atoms with Crippen molar-refractivity contribution in [3.63, 3.8) is 0 Å². The van der Waals surface area contributed by atoms with Crippen molar-refractivity contribution in [2.75, 3.05) is 18.8 Å². The molecule has 1 N–H and O–H groups in total. The number of nitrogens with one attached hydrogen (secondary N) is 1. The third-order valence-corrected chi connectivity index (χ3v) is 5.14. The van der Waals surface area contributed by atoms with Gasteiger partial charge in [-0.3, -0.25) is 9.69 Å². The van der Waals surface area contributed by atoms with Gasteiger partial charge in [-0.2, -0.15) is 0 Å². The summed E-state index contributed by atoms with van der Waals surface area (Å²) in [6.45, 7) is 3.03. The fraction of sp³-hybridized carbons (Fsp3) is 0.846. The normalized spacial score (nSPS) is 22.9. The zero-order valence-corrected chi connectivity index (χ0v) is 11.8. The van der Waals surface area contributed by atoms with Crippen LogP contribution in [0.25, 0.3) is 0 Å². The number of carbonyl (C=O) groups excluding carboxylic acids is 2. The number of thioether (sulfide) groups is 1. The van der Waals surface area contributed by atoms with E-state index in [0.717, 1.165) is 11.7 Å². The molecule has 0 aromatic rings. The van der Waals surface area contributed by atoms with Crippen molar-refractivity contribution in [2.24, 2.45) is 5.92 Å². The maximum atomic E-state index is 12.1. The second-order valence-electron chi connectivity index (χ2n) is 5.20. The van der Waals surface area contributed by atoms with Crippen LogP contribution in [0.3, 0.4) is 0 Å². The Balaban J connectivity index is 1.74. The minimum absolute atomic E-state index is 0.0363. The number of carbonyl (C=O) groups is 2.